The van der Waals surface area contributed by atoms with Gasteiger partial charge in [0.05, 0.1) is 29.4 Å². The molecular formula is C30H32Cl3N3O9S. The zero-order valence-electron chi connectivity index (χ0n) is 24.5. The number of halogens is 3. The van der Waals surface area contributed by atoms with E-state index < -0.39 is 56.2 Å². The second kappa shape index (κ2) is 14.3. The van der Waals surface area contributed by atoms with E-state index in [2.05, 4.69) is 0 Å². The van der Waals surface area contributed by atoms with E-state index in [1.54, 1.807) is 12.1 Å². The first-order valence-electron chi connectivity index (χ1n) is 14.5. The van der Waals surface area contributed by atoms with Gasteiger partial charge in [0.25, 0.3) is 0 Å². The van der Waals surface area contributed by atoms with E-state index in [1.165, 1.54) is 13.9 Å². The van der Waals surface area contributed by atoms with Gasteiger partial charge >= 0.3 is 18.2 Å². The number of amides is 1. The average molecular weight is 717 g/mol. The van der Waals surface area contributed by atoms with Gasteiger partial charge in [-0.3, -0.25) is 4.79 Å². The molecule has 0 spiro atoms. The summed E-state index contributed by atoms with van der Waals surface area (Å²) in [5, 5.41) is 10.8. The number of carboxylic acid groups (broad SMARTS) is 1. The van der Waals surface area contributed by atoms with Gasteiger partial charge in [0.2, 0.25) is 13.8 Å². The van der Waals surface area contributed by atoms with Gasteiger partial charge in [-0.05, 0) is 42.4 Å². The lowest BCUT2D eigenvalue weighted by Crippen LogP contribution is -2.45. The van der Waals surface area contributed by atoms with Crippen LogP contribution in [-0.2, 0) is 43.9 Å². The molecule has 248 valence electrons. The normalized spacial score (nSPS) is 16.9. The number of nitrogens with zero attached hydrogens (tertiary/aromatic N) is 3. The molecule has 3 heterocycles. The summed E-state index contributed by atoms with van der Waals surface area (Å²) >= 11 is 17.0. The fourth-order valence-electron chi connectivity index (χ4n) is 5.87. The Morgan fingerprint density at radius 3 is 2.30 bits per heavy atom. The standard InChI is InChI=1S/C30H32Cl3N3O9S/c31-30(32,33)19-44-29(40)45-36-25-9-5-4-8-22(25)23-12-15-35(16-26(23)36)46(41,42)18-24(27(37)38)21-10-13-34(14-11-21)28(39)43-17-20-6-2-1-3-7-20/h1-9,21,24H,10-19H2,(H,37,38). The van der Waals surface area contributed by atoms with Gasteiger partial charge in [-0.25, -0.2) is 18.0 Å². The smallest absolute Gasteiger partial charge is 0.481 e. The number of sulfonamides is 1. The summed E-state index contributed by atoms with van der Waals surface area (Å²) in [7, 11) is -4.09. The second-order valence-electron chi connectivity index (χ2n) is 11.2. The lowest BCUT2D eigenvalue weighted by molar-refractivity contribution is -0.143. The molecular weight excluding hydrogens is 685 g/mol. The number of aromatic nitrogens is 1. The van der Waals surface area contributed by atoms with Gasteiger partial charge < -0.3 is 24.3 Å². The van der Waals surface area contributed by atoms with Gasteiger partial charge in [-0.1, -0.05) is 83.3 Å². The highest BCUT2D eigenvalue weighted by molar-refractivity contribution is 7.89. The highest BCUT2D eigenvalue weighted by atomic mass is 35.6. The van der Waals surface area contributed by atoms with Crippen LogP contribution in [0.3, 0.4) is 0 Å². The number of carbonyl (C=O) groups is 3. The molecule has 2 aliphatic rings. The Kier molecular flexibility index (Phi) is 10.6. The Morgan fingerprint density at radius 2 is 1.63 bits per heavy atom. The van der Waals surface area contributed by atoms with Gasteiger partial charge in [0, 0.05) is 25.0 Å². The number of likely N-dealkylation sites (tertiary alicyclic amines) is 1. The summed E-state index contributed by atoms with van der Waals surface area (Å²) in [6.45, 7) is -0.000718. The maximum absolute atomic E-state index is 13.7. The number of carboxylic acids is 1. The van der Waals surface area contributed by atoms with Crippen LogP contribution in [0.5, 0.6) is 0 Å². The Balaban J connectivity index is 1.25. The topological polar surface area (TPSA) is 145 Å². The lowest BCUT2D eigenvalue weighted by atomic mass is 9.85. The maximum Gasteiger partial charge on any atom is 0.533 e. The minimum Gasteiger partial charge on any atom is -0.481 e. The Bertz CT molecular complexity index is 1690. The van der Waals surface area contributed by atoms with Crippen molar-refractivity contribution in [2.24, 2.45) is 11.8 Å². The van der Waals surface area contributed by atoms with E-state index in [-0.39, 0.29) is 32.8 Å². The molecule has 0 radical (unpaired) electrons. The molecule has 2 aliphatic heterocycles. The van der Waals surface area contributed by atoms with Crippen molar-refractivity contribution >= 4 is 73.9 Å². The quantitative estimate of drug-likeness (QED) is 0.239. The first-order chi connectivity index (χ1) is 21.8. The number of benzene rings is 2. The molecule has 46 heavy (non-hydrogen) atoms. The number of aliphatic carboxylic acids is 1. The zero-order valence-corrected chi connectivity index (χ0v) is 27.6. The molecule has 2 aromatic carbocycles. The molecule has 1 fully saturated rings. The number of hydrogen-bond donors (Lipinski definition) is 1. The van der Waals surface area contributed by atoms with Crippen molar-refractivity contribution in [1.82, 2.24) is 13.9 Å². The van der Waals surface area contributed by atoms with Gasteiger partial charge in [0.15, 0.2) is 0 Å². The van der Waals surface area contributed by atoms with Crippen molar-refractivity contribution in [1.29, 1.82) is 0 Å². The highest BCUT2D eigenvalue weighted by Crippen LogP contribution is 2.33. The van der Waals surface area contributed by atoms with E-state index in [0.717, 1.165) is 16.5 Å². The predicted octanol–water partition coefficient (Wildman–Crippen LogP) is 5.01. The zero-order chi connectivity index (χ0) is 33.1. The first kappa shape index (κ1) is 34.1. The van der Waals surface area contributed by atoms with E-state index >= 15 is 0 Å². The van der Waals surface area contributed by atoms with Crippen LogP contribution in [0.2, 0.25) is 0 Å². The predicted molar refractivity (Wildman–Crippen MR) is 170 cm³/mol. The molecule has 1 saturated heterocycles. The third-order valence-corrected chi connectivity index (χ3v) is 10.4. The van der Waals surface area contributed by atoms with E-state index in [0.29, 0.717) is 30.5 Å². The molecule has 12 nitrogen and oxygen atoms in total. The first-order valence-corrected chi connectivity index (χ1v) is 17.3. The van der Waals surface area contributed by atoms with E-state index in [1.807, 2.05) is 42.5 Å². The van der Waals surface area contributed by atoms with Crippen LogP contribution in [0, 0.1) is 11.8 Å². The minimum absolute atomic E-state index is 0.110. The van der Waals surface area contributed by atoms with E-state index in [9.17, 15) is 27.9 Å². The van der Waals surface area contributed by atoms with Crippen LogP contribution in [-0.4, -0.2) is 81.5 Å². The lowest BCUT2D eigenvalue weighted by Gasteiger charge is -2.35. The Hall–Kier alpha value is -3.23. The second-order valence-corrected chi connectivity index (χ2v) is 15.7. The minimum atomic E-state index is -4.09. The van der Waals surface area contributed by atoms with Crippen LogP contribution < -0.4 is 4.84 Å². The van der Waals surface area contributed by atoms with Crippen LogP contribution in [0.25, 0.3) is 10.9 Å². The molecule has 1 amide bonds. The van der Waals surface area contributed by atoms with Crippen molar-refractivity contribution in [3.63, 3.8) is 0 Å². The van der Waals surface area contributed by atoms with Crippen molar-refractivity contribution < 1.29 is 42.2 Å². The molecule has 0 aliphatic carbocycles. The Morgan fingerprint density at radius 1 is 0.957 bits per heavy atom. The van der Waals surface area contributed by atoms with Gasteiger partial charge in [-0.2, -0.15) is 9.04 Å². The number of rotatable bonds is 9. The molecule has 16 heteroatoms. The number of fused-ring (bicyclic) bond motifs is 3. The summed E-state index contributed by atoms with van der Waals surface area (Å²) in [5.41, 5.74) is 2.54. The fourth-order valence-corrected chi connectivity index (χ4v) is 7.80. The number of para-hydroxylation sites is 1. The molecule has 1 unspecified atom stereocenters. The van der Waals surface area contributed by atoms with Crippen molar-refractivity contribution in [2.45, 2.75) is 36.2 Å². The third-order valence-electron chi connectivity index (χ3n) is 8.17. The third kappa shape index (κ3) is 8.18. The largest absolute Gasteiger partial charge is 0.533 e. The summed E-state index contributed by atoms with van der Waals surface area (Å²) < 4.78 is 38.2. The molecule has 1 atom stereocenters. The molecule has 1 N–H and O–H groups in total. The summed E-state index contributed by atoms with van der Waals surface area (Å²) in [4.78, 5) is 44.3. The van der Waals surface area contributed by atoms with Gasteiger partial charge in [0.1, 0.15) is 13.2 Å². The molecule has 0 saturated carbocycles. The molecule has 3 aromatic rings. The number of carbonyl (C=O) groups excluding carboxylic acids is 2. The SMILES string of the molecule is O=C(OCC(Cl)(Cl)Cl)On1c2c(c3ccccc31)CCN(S(=O)(=O)CC(C(=O)O)C1CCN(C(=O)OCc3ccccc3)CC1)C2. The van der Waals surface area contributed by atoms with Crippen LogP contribution in [0.15, 0.2) is 54.6 Å². The van der Waals surface area contributed by atoms with Crippen molar-refractivity contribution in [2.75, 3.05) is 32.0 Å². The van der Waals surface area contributed by atoms with Gasteiger partial charge in [-0.15, -0.1) is 0 Å². The van der Waals surface area contributed by atoms with Crippen LogP contribution in [0.4, 0.5) is 9.59 Å². The van der Waals surface area contributed by atoms with Crippen LogP contribution >= 0.6 is 34.8 Å². The average Bonchev–Trinajstić information content (AvgIpc) is 3.34. The number of alkyl halides is 3. The van der Waals surface area contributed by atoms with E-state index in [4.69, 9.17) is 49.1 Å². The molecule has 5 rings (SSSR count). The van der Waals surface area contributed by atoms with Crippen LogP contribution in [0.1, 0.15) is 29.7 Å². The molecule has 0 bridgehead atoms. The summed E-state index contributed by atoms with van der Waals surface area (Å²) in [5.74, 6) is -3.49. The monoisotopic (exact) mass is 715 g/mol. The summed E-state index contributed by atoms with van der Waals surface area (Å²) in [6, 6.07) is 16.3. The number of ether oxygens (including phenoxy) is 2. The number of piperidine rings is 1. The Labute approximate surface area is 280 Å². The number of hydrogen-bond acceptors (Lipinski definition) is 8. The van der Waals surface area contributed by atoms with Crippen molar-refractivity contribution in [3.05, 3.63) is 71.4 Å². The molecule has 1 aromatic heterocycles. The summed E-state index contributed by atoms with van der Waals surface area (Å²) in [6.07, 6.45) is -0.725. The van der Waals surface area contributed by atoms with Crippen molar-refractivity contribution in [3.8, 4) is 0 Å². The fraction of sp³-hybridized carbons (Fsp3) is 0.433. The highest BCUT2D eigenvalue weighted by Gasteiger charge is 2.40. The maximum atomic E-state index is 13.7.